The zero-order valence-corrected chi connectivity index (χ0v) is 12.6. The number of rotatable bonds is 4. The molecule has 0 aliphatic carbocycles. The van der Waals surface area contributed by atoms with E-state index in [1.54, 1.807) is 7.11 Å². The summed E-state index contributed by atoms with van der Waals surface area (Å²) in [6.07, 6.45) is 3.94. The minimum absolute atomic E-state index is 0.606. The van der Waals surface area contributed by atoms with Gasteiger partial charge in [-0.3, -0.25) is 0 Å². The second-order valence-electron chi connectivity index (χ2n) is 5.55. The number of ether oxygens (including phenoxy) is 1. The zero-order chi connectivity index (χ0) is 13.8. The van der Waals surface area contributed by atoms with Crippen LogP contribution in [0, 0.1) is 20.8 Å². The molecule has 1 heterocycles. The van der Waals surface area contributed by atoms with E-state index >= 15 is 0 Å². The summed E-state index contributed by atoms with van der Waals surface area (Å²) in [6, 6.07) is 2.73. The van der Waals surface area contributed by atoms with Crippen molar-refractivity contribution < 1.29 is 4.74 Å². The van der Waals surface area contributed by atoms with Gasteiger partial charge in [-0.25, -0.2) is 0 Å². The first-order chi connectivity index (χ1) is 9.13. The quantitative estimate of drug-likeness (QED) is 0.874. The molecule has 1 atom stereocenters. The molecular weight excluding hydrogens is 236 g/mol. The number of hydrogen-bond acceptors (Lipinski definition) is 3. The normalized spacial score (nSPS) is 19.3. The van der Waals surface area contributed by atoms with Crippen LogP contribution in [0.1, 0.15) is 36.0 Å². The third-order valence-corrected chi connectivity index (χ3v) is 4.21. The highest BCUT2D eigenvalue weighted by atomic mass is 16.5. The first kappa shape index (κ1) is 14.2. The summed E-state index contributed by atoms with van der Waals surface area (Å²) in [4.78, 5) is 0. The number of anilines is 1. The topological polar surface area (TPSA) is 33.3 Å². The fourth-order valence-electron chi connectivity index (χ4n) is 2.85. The molecule has 1 aliphatic rings. The van der Waals surface area contributed by atoms with E-state index in [-0.39, 0.29) is 0 Å². The highest BCUT2D eigenvalue weighted by Gasteiger charge is 2.14. The summed E-state index contributed by atoms with van der Waals surface area (Å²) < 4.78 is 5.42. The van der Waals surface area contributed by atoms with Crippen LogP contribution in [0.3, 0.4) is 0 Å². The molecule has 1 unspecified atom stereocenters. The van der Waals surface area contributed by atoms with Crippen molar-refractivity contribution in [1.29, 1.82) is 0 Å². The molecule has 1 fully saturated rings. The molecule has 0 amide bonds. The van der Waals surface area contributed by atoms with Crippen molar-refractivity contribution in [1.82, 2.24) is 5.32 Å². The summed E-state index contributed by atoms with van der Waals surface area (Å²) in [7, 11) is 1.74. The van der Waals surface area contributed by atoms with Gasteiger partial charge in [0.05, 0.1) is 7.11 Å². The lowest BCUT2D eigenvalue weighted by Crippen LogP contribution is -2.39. The third-order valence-electron chi connectivity index (χ3n) is 4.21. The summed E-state index contributed by atoms with van der Waals surface area (Å²) in [6.45, 7) is 8.60. The van der Waals surface area contributed by atoms with Crippen LogP contribution < -0.4 is 15.4 Å². The predicted molar refractivity (Wildman–Crippen MR) is 81.3 cm³/mol. The first-order valence-corrected chi connectivity index (χ1v) is 7.25. The molecule has 1 aromatic carbocycles. The molecule has 0 aromatic heterocycles. The lowest BCUT2D eigenvalue weighted by molar-refractivity contribution is 0.410. The van der Waals surface area contributed by atoms with Crippen molar-refractivity contribution in [3.63, 3.8) is 0 Å². The molecule has 19 heavy (non-hydrogen) atoms. The molecule has 3 heteroatoms. The van der Waals surface area contributed by atoms with Gasteiger partial charge in [0, 0.05) is 18.3 Å². The van der Waals surface area contributed by atoms with Gasteiger partial charge in [-0.05, 0) is 62.9 Å². The average molecular weight is 262 g/mol. The summed E-state index contributed by atoms with van der Waals surface area (Å²) in [5.74, 6) is 0.983. The summed E-state index contributed by atoms with van der Waals surface area (Å²) >= 11 is 0. The molecular formula is C16H26N2O. The maximum Gasteiger partial charge on any atom is 0.122 e. The van der Waals surface area contributed by atoms with Gasteiger partial charge < -0.3 is 15.4 Å². The lowest BCUT2D eigenvalue weighted by atomic mass is 10.0. The third kappa shape index (κ3) is 3.21. The van der Waals surface area contributed by atoms with Crippen molar-refractivity contribution in [2.75, 3.05) is 25.5 Å². The number of hydrogen-bond donors (Lipinski definition) is 2. The van der Waals surface area contributed by atoms with Crippen LogP contribution in [0.25, 0.3) is 0 Å². The second-order valence-corrected chi connectivity index (χ2v) is 5.55. The molecule has 0 spiro atoms. The lowest BCUT2D eigenvalue weighted by Gasteiger charge is -2.25. The molecule has 3 nitrogen and oxygen atoms in total. The van der Waals surface area contributed by atoms with Gasteiger partial charge in [0.1, 0.15) is 5.75 Å². The minimum atomic E-state index is 0.606. The van der Waals surface area contributed by atoms with Gasteiger partial charge in [-0.2, -0.15) is 0 Å². The fourth-order valence-corrected chi connectivity index (χ4v) is 2.85. The van der Waals surface area contributed by atoms with Crippen LogP contribution in [-0.2, 0) is 0 Å². The number of piperidine rings is 1. The Morgan fingerprint density at radius 3 is 2.68 bits per heavy atom. The number of benzene rings is 1. The molecule has 2 rings (SSSR count). The highest BCUT2D eigenvalue weighted by molar-refractivity contribution is 5.63. The Morgan fingerprint density at radius 2 is 2.05 bits per heavy atom. The van der Waals surface area contributed by atoms with Gasteiger partial charge in [0.25, 0.3) is 0 Å². The van der Waals surface area contributed by atoms with E-state index in [1.165, 1.54) is 41.6 Å². The molecule has 1 aliphatic heterocycles. The fraction of sp³-hybridized carbons (Fsp3) is 0.625. The SMILES string of the molecule is COc1cc(C)c(NCC2CCCCN2)c(C)c1C. The van der Waals surface area contributed by atoms with Crippen LogP contribution in [0.4, 0.5) is 5.69 Å². The van der Waals surface area contributed by atoms with Crippen LogP contribution in [0.15, 0.2) is 6.07 Å². The van der Waals surface area contributed by atoms with Crippen molar-refractivity contribution in [3.8, 4) is 5.75 Å². The Balaban J connectivity index is 2.09. The van der Waals surface area contributed by atoms with Gasteiger partial charge >= 0.3 is 0 Å². The van der Waals surface area contributed by atoms with E-state index in [1.807, 2.05) is 0 Å². The van der Waals surface area contributed by atoms with E-state index in [4.69, 9.17) is 4.74 Å². The molecule has 2 N–H and O–H groups in total. The molecule has 1 saturated heterocycles. The zero-order valence-electron chi connectivity index (χ0n) is 12.6. The van der Waals surface area contributed by atoms with Gasteiger partial charge in [-0.1, -0.05) is 6.42 Å². The van der Waals surface area contributed by atoms with E-state index in [0.29, 0.717) is 6.04 Å². The highest BCUT2D eigenvalue weighted by Crippen LogP contribution is 2.31. The number of nitrogens with one attached hydrogen (secondary N) is 2. The first-order valence-electron chi connectivity index (χ1n) is 7.25. The number of methoxy groups -OCH3 is 1. The van der Waals surface area contributed by atoms with Crippen molar-refractivity contribution >= 4 is 5.69 Å². The molecule has 0 radical (unpaired) electrons. The van der Waals surface area contributed by atoms with Crippen molar-refractivity contribution in [2.45, 2.75) is 46.1 Å². The standard InChI is InChI=1S/C16H26N2O/c1-11-9-15(19-4)12(2)13(3)16(11)18-10-14-7-5-6-8-17-14/h9,14,17-18H,5-8,10H2,1-4H3. The Labute approximate surface area is 116 Å². The maximum absolute atomic E-state index is 5.42. The minimum Gasteiger partial charge on any atom is -0.496 e. The van der Waals surface area contributed by atoms with E-state index in [9.17, 15) is 0 Å². The second kappa shape index (κ2) is 6.29. The Hall–Kier alpha value is -1.22. The van der Waals surface area contributed by atoms with Crippen LogP contribution in [0.5, 0.6) is 5.75 Å². The van der Waals surface area contributed by atoms with Gasteiger partial charge in [0.15, 0.2) is 0 Å². The Morgan fingerprint density at radius 1 is 1.26 bits per heavy atom. The molecule has 0 saturated carbocycles. The predicted octanol–water partition coefficient (Wildman–Crippen LogP) is 3.17. The van der Waals surface area contributed by atoms with Crippen LogP contribution in [-0.4, -0.2) is 26.2 Å². The largest absolute Gasteiger partial charge is 0.496 e. The number of aryl methyl sites for hydroxylation is 1. The van der Waals surface area contributed by atoms with Crippen molar-refractivity contribution in [2.24, 2.45) is 0 Å². The summed E-state index contributed by atoms with van der Waals surface area (Å²) in [5.41, 5.74) is 5.06. The van der Waals surface area contributed by atoms with Crippen LogP contribution >= 0.6 is 0 Å². The summed E-state index contributed by atoms with van der Waals surface area (Å²) in [5, 5.41) is 7.20. The maximum atomic E-state index is 5.42. The Bertz CT molecular complexity index is 437. The van der Waals surface area contributed by atoms with E-state index < -0.39 is 0 Å². The van der Waals surface area contributed by atoms with Crippen LogP contribution in [0.2, 0.25) is 0 Å². The van der Waals surface area contributed by atoms with E-state index in [2.05, 4.69) is 37.5 Å². The van der Waals surface area contributed by atoms with Gasteiger partial charge in [0.2, 0.25) is 0 Å². The smallest absolute Gasteiger partial charge is 0.122 e. The molecule has 0 bridgehead atoms. The van der Waals surface area contributed by atoms with Gasteiger partial charge in [-0.15, -0.1) is 0 Å². The molecule has 106 valence electrons. The Kier molecular flexibility index (Phi) is 4.70. The monoisotopic (exact) mass is 262 g/mol. The average Bonchev–Trinajstić information content (AvgIpc) is 2.44. The molecule has 1 aromatic rings. The van der Waals surface area contributed by atoms with E-state index in [0.717, 1.165) is 18.8 Å². The van der Waals surface area contributed by atoms with Crippen molar-refractivity contribution in [3.05, 3.63) is 22.8 Å².